The third-order valence-corrected chi connectivity index (χ3v) is 8.30. The van der Waals surface area contributed by atoms with Crippen LogP contribution in [0.4, 0.5) is 16.4 Å². The summed E-state index contributed by atoms with van der Waals surface area (Å²) in [4.78, 5) is 51.7. The number of hydrogen-bond donors (Lipinski definition) is 3. The van der Waals surface area contributed by atoms with Crippen LogP contribution in [0.1, 0.15) is 55.5 Å². The van der Waals surface area contributed by atoms with Gasteiger partial charge in [0.1, 0.15) is 35.1 Å². The van der Waals surface area contributed by atoms with E-state index >= 15 is 0 Å². The summed E-state index contributed by atoms with van der Waals surface area (Å²) in [6.07, 6.45) is 1.51. The van der Waals surface area contributed by atoms with Crippen molar-refractivity contribution in [3.8, 4) is 0 Å². The highest BCUT2D eigenvalue weighted by atomic mass is 16.5. The van der Waals surface area contributed by atoms with Crippen LogP contribution >= 0.6 is 0 Å². The predicted octanol–water partition coefficient (Wildman–Crippen LogP) is 2.95. The molecule has 4 atom stereocenters. The van der Waals surface area contributed by atoms with Crippen LogP contribution in [0.5, 0.6) is 0 Å². The van der Waals surface area contributed by atoms with Crippen LogP contribution in [-0.4, -0.2) is 66.1 Å². The molecule has 42 heavy (non-hydrogen) atoms. The van der Waals surface area contributed by atoms with Crippen molar-refractivity contribution in [2.24, 2.45) is 12.9 Å². The second-order valence-corrected chi connectivity index (χ2v) is 10.9. The number of nitrogens with zero attached hydrogens (tertiary/aromatic N) is 6. The lowest BCUT2D eigenvalue weighted by molar-refractivity contribution is -0.143. The summed E-state index contributed by atoms with van der Waals surface area (Å²) in [6, 6.07) is 1.26. The first-order valence-electron chi connectivity index (χ1n) is 15.5. The molecule has 14 nitrogen and oxygen atoms in total. The lowest BCUT2D eigenvalue weighted by atomic mass is 10.2. The molecule has 2 aliphatic carbocycles. The molecule has 3 N–H and O–H groups in total. The highest BCUT2D eigenvalue weighted by Gasteiger charge is 2.61. The Labute approximate surface area is 246 Å². The van der Waals surface area contributed by atoms with Crippen molar-refractivity contribution in [3.63, 3.8) is 0 Å². The van der Waals surface area contributed by atoms with E-state index in [9.17, 15) is 19.5 Å². The van der Waals surface area contributed by atoms with Gasteiger partial charge in [0.2, 0.25) is 0 Å². The van der Waals surface area contributed by atoms with Crippen molar-refractivity contribution in [1.29, 1.82) is 0 Å². The summed E-state index contributed by atoms with van der Waals surface area (Å²) in [5.74, 6) is -0.123. The van der Waals surface area contributed by atoms with Crippen LogP contribution in [-0.2, 0) is 33.4 Å². The fourth-order valence-electron chi connectivity index (χ4n) is 6.09. The molecule has 0 aliphatic heterocycles. The van der Waals surface area contributed by atoms with Crippen LogP contribution in [0.25, 0.3) is 22.2 Å². The molecule has 0 bridgehead atoms. The first kappa shape index (κ1) is 23.1. The van der Waals surface area contributed by atoms with Gasteiger partial charge in [0, 0.05) is 36.3 Å². The number of anilines is 2. The smallest absolute Gasteiger partial charge is 0.407 e. The molecule has 4 aromatic rings. The molecule has 4 aromatic heterocycles. The van der Waals surface area contributed by atoms with Crippen molar-refractivity contribution in [1.82, 2.24) is 34.0 Å². The lowest BCUT2D eigenvalue weighted by Crippen LogP contribution is -2.33. The third kappa shape index (κ3) is 4.28. The fourth-order valence-corrected chi connectivity index (χ4v) is 6.09. The molecule has 0 aromatic carbocycles. The Morgan fingerprint density at radius 2 is 2.02 bits per heavy atom. The molecule has 4 heterocycles. The Morgan fingerprint density at radius 1 is 1.24 bits per heavy atom. The van der Waals surface area contributed by atoms with Crippen molar-refractivity contribution >= 4 is 45.9 Å². The molecule has 0 radical (unpaired) electrons. The zero-order chi connectivity index (χ0) is 33.3. The number of alkyl carbamates (subject to hydrolysis) is 1. The predicted molar refractivity (Wildman–Crippen MR) is 153 cm³/mol. The molecule has 1 amide bonds. The van der Waals surface area contributed by atoms with Crippen molar-refractivity contribution in [2.45, 2.75) is 63.7 Å². The van der Waals surface area contributed by atoms with E-state index in [1.807, 2.05) is 13.8 Å². The van der Waals surface area contributed by atoms with Crippen molar-refractivity contribution < 1.29 is 29.7 Å². The van der Waals surface area contributed by atoms with E-state index in [1.165, 1.54) is 31.0 Å². The van der Waals surface area contributed by atoms with E-state index in [4.69, 9.17) is 15.2 Å². The van der Waals surface area contributed by atoms with Gasteiger partial charge in [-0.3, -0.25) is 13.7 Å². The van der Waals surface area contributed by atoms with Gasteiger partial charge in [-0.2, -0.15) is 0 Å². The average molecular weight is 583 g/mol. The third-order valence-electron chi connectivity index (χ3n) is 8.30. The number of imidazole rings is 2. The number of aliphatic carboxylic acids is 1. The number of carboxylic acids is 1. The molecule has 2 fully saturated rings. The van der Waals surface area contributed by atoms with Gasteiger partial charge in [-0.1, -0.05) is 6.92 Å². The number of aromatic nitrogens is 6. The largest absolute Gasteiger partial charge is 0.479 e. The SMILES string of the molecule is [2H]C([2H])([2H])n1c(=O)n([C@@H]2CC[C@@]([2H])(NC(=O)OC)C2)c2cc(Nc3cc(C)c4nc(COC)n([C@@]5(C(=O)O)C[C@@H]5C)c4n3)ncc21. The maximum absolute atomic E-state index is 13.6. The zero-order valence-corrected chi connectivity index (χ0v) is 23.6. The molecule has 6 rings (SSSR count). The van der Waals surface area contributed by atoms with Gasteiger partial charge in [-0.05, 0) is 50.2 Å². The van der Waals surface area contributed by atoms with Crippen LogP contribution in [0.15, 0.2) is 23.1 Å². The summed E-state index contributed by atoms with van der Waals surface area (Å²) in [6.45, 7) is 0.968. The molecular formula is C28H34N8O6. The summed E-state index contributed by atoms with van der Waals surface area (Å²) >= 11 is 0. The van der Waals surface area contributed by atoms with Crippen LogP contribution in [0, 0.1) is 12.8 Å². The number of amides is 1. The monoisotopic (exact) mass is 582 g/mol. The summed E-state index contributed by atoms with van der Waals surface area (Å²) in [5, 5.41) is 15.8. The Bertz CT molecular complexity index is 1950. The highest BCUT2D eigenvalue weighted by Crippen LogP contribution is 2.52. The number of fused-ring (bicyclic) bond motifs is 2. The molecule has 0 unspecified atom stereocenters. The number of rotatable bonds is 8. The van der Waals surface area contributed by atoms with E-state index in [0.29, 0.717) is 40.2 Å². The van der Waals surface area contributed by atoms with Gasteiger partial charge in [-0.15, -0.1) is 0 Å². The normalized spacial score (nSPS) is 26.9. The molecule has 0 saturated heterocycles. The summed E-state index contributed by atoms with van der Waals surface area (Å²) in [7, 11) is 2.70. The van der Waals surface area contributed by atoms with Crippen molar-refractivity contribution in [3.05, 3.63) is 40.2 Å². The van der Waals surface area contributed by atoms with Gasteiger partial charge < -0.3 is 25.2 Å². The maximum Gasteiger partial charge on any atom is 0.407 e. The molecule has 2 aliphatic rings. The Kier molecular flexibility index (Phi) is 5.57. The summed E-state index contributed by atoms with van der Waals surface area (Å²) in [5.41, 5.74) is -0.0274. The van der Waals surface area contributed by atoms with Crippen LogP contribution < -0.4 is 16.3 Å². The molecule has 222 valence electrons. The molecule has 14 heteroatoms. The van der Waals surface area contributed by atoms with Gasteiger partial charge in [0.05, 0.1) is 25.7 Å². The number of pyridine rings is 2. The minimum Gasteiger partial charge on any atom is -0.479 e. The Hall–Kier alpha value is -4.46. The average Bonchev–Trinajstić information content (AvgIpc) is 3.21. The molecular weight excluding hydrogens is 544 g/mol. The number of carboxylic acid groups (broad SMARTS) is 1. The second kappa shape index (κ2) is 10.1. The number of nitrogens with one attached hydrogen (secondary N) is 2. The minimum absolute atomic E-state index is 0.0438. The van der Waals surface area contributed by atoms with E-state index in [2.05, 4.69) is 25.3 Å². The van der Waals surface area contributed by atoms with E-state index < -0.39 is 42.3 Å². The molecule has 2 saturated carbocycles. The Morgan fingerprint density at radius 3 is 2.69 bits per heavy atom. The number of aryl methyl sites for hydroxylation is 2. The van der Waals surface area contributed by atoms with Crippen LogP contribution in [0.2, 0.25) is 0 Å². The number of methoxy groups -OCH3 is 2. The first-order valence-corrected chi connectivity index (χ1v) is 13.5. The second-order valence-electron chi connectivity index (χ2n) is 10.9. The fraction of sp³-hybridized carbons (Fsp3) is 0.500. The Balaban J connectivity index is 1.44. The number of ether oxygens (including phenoxy) is 2. The minimum atomic E-state index is -2.81. The van der Waals surface area contributed by atoms with E-state index in [0.717, 1.165) is 5.56 Å². The van der Waals surface area contributed by atoms with Crippen molar-refractivity contribution in [2.75, 3.05) is 19.5 Å². The lowest BCUT2D eigenvalue weighted by Gasteiger charge is -2.18. The number of carbonyl (C=O) groups excluding carboxylic acids is 1. The van der Waals surface area contributed by atoms with Gasteiger partial charge >= 0.3 is 17.8 Å². The maximum atomic E-state index is 13.6. The highest BCUT2D eigenvalue weighted by molar-refractivity contribution is 5.87. The first-order chi connectivity index (χ1) is 21.6. The van der Waals surface area contributed by atoms with Gasteiger partial charge in [0.15, 0.2) is 5.65 Å². The summed E-state index contributed by atoms with van der Waals surface area (Å²) < 4.78 is 46.4. The van der Waals surface area contributed by atoms with E-state index in [-0.39, 0.29) is 42.2 Å². The van der Waals surface area contributed by atoms with Gasteiger partial charge in [-0.25, -0.2) is 29.3 Å². The topological polar surface area (TPSA) is 167 Å². The van der Waals surface area contributed by atoms with Gasteiger partial charge in [0.25, 0.3) is 0 Å². The molecule has 0 spiro atoms. The number of carbonyl (C=O) groups is 2. The number of hydrogen-bond acceptors (Lipinski definition) is 9. The van der Waals surface area contributed by atoms with E-state index in [1.54, 1.807) is 10.6 Å². The zero-order valence-electron chi connectivity index (χ0n) is 27.6. The van der Waals surface area contributed by atoms with Crippen LogP contribution in [0.3, 0.4) is 0 Å². The quantitative estimate of drug-likeness (QED) is 0.281. The standard InChI is InChI=1S/C28H34N8O6/c1-14-8-21(32-24-23(14)33-22(13-41-4)36(24)28(25(37)38)11-15(28)2)31-20-10-18-19(12-29-20)34(3)27(40)35(18)17-7-6-16(9-17)30-26(39)42-5/h8,10,12,15-17H,6-7,9,11,13H2,1-5H3,(H,30,39)(H,37,38)(H,29,31,32)/t15-,16+,17+,28-/m0/s1/i3D3,16D.